The first-order chi connectivity index (χ1) is 9.59. The van der Waals surface area contributed by atoms with Gasteiger partial charge in [0.25, 0.3) is 0 Å². The third-order valence-electron chi connectivity index (χ3n) is 3.78. The molecule has 0 spiro atoms. The molecule has 0 aliphatic heterocycles. The molecular formula is C17H19NO2. The SMILES string of the molecule is CC(C)Oc1cncc(C2(O)CCc3ccccc32)c1. The predicted molar refractivity (Wildman–Crippen MR) is 77.8 cm³/mol. The van der Waals surface area contributed by atoms with E-state index in [-0.39, 0.29) is 6.10 Å². The van der Waals surface area contributed by atoms with E-state index < -0.39 is 5.60 Å². The Balaban J connectivity index is 2.01. The molecule has 0 bridgehead atoms. The van der Waals surface area contributed by atoms with Crippen LogP contribution >= 0.6 is 0 Å². The molecule has 20 heavy (non-hydrogen) atoms. The summed E-state index contributed by atoms with van der Waals surface area (Å²) in [6, 6.07) is 9.96. The normalized spacial score (nSPS) is 21.0. The zero-order chi connectivity index (χ0) is 14.2. The molecule has 1 aliphatic carbocycles. The number of rotatable bonds is 3. The van der Waals surface area contributed by atoms with Gasteiger partial charge in [-0.1, -0.05) is 24.3 Å². The fourth-order valence-corrected chi connectivity index (χ4v) is 2.87. The van der Waals surface area contributed by atoms with Gasteiger partial charge < -0.3 is 9.84 Å². The smallest absolute Gasteiger partial charge is 0.138 e. The first kappa shape index (κ1) is 13.1. The van der Waals surface area contributed by atoms with E-state index in [2.05, 4.69) is 11.1 Å². The first-order valence-corrected chi connectivity index (χ1v) is 7.02. The molecule has 0 radical (unpaired) electrons. The van der Waals surface area contributed by atoms with Crippen molar-refractivity contribution in [2.45, 2.75) is 38.4 Å². The standard InChI is InChI=1S/C17H19NO2/c1-12(2)20-15-9-14(10-18-11-15)17(19)8-7-13-5-3-4-6-16(13)17/h3-6,9-12,19H,7-8H2,1-2H3. The highest BCUT2D eigenvalue weighted by Gasteiger charge is 2.38. The Morgan fingerprint density at radius 1 is 1.25 bits per heavy atom. The van der Waals surface area contributed by atoms with Crippen LogP contribution < -0.4 is 4.74 Å². The third kappa shape index (κ3) is 2.18. The number of ether oxygens (including phenoxy) is 1. The molecule has 0 amide bonds. The van der Waals surface area contributed by atoms with Crippen molar-refractivity contribution in [2.75, 3.05) is 0 Å². The van der Waals surface area contributed by atoms with Gasteiger partial charge in [0.2, 0.25) is 0 Å². The summed E-state index contributed by atoms with van der Waals surface area (Å²) in [7, 11) is 0. The van der Waals surface area contributed by atoms with Gasteiger partial charge in [0.1, 0.15) is 11.4 Å². The predicted octanol–water partition coefficient (Wildman–Crippen LogP) is 3.05. The van der Waals surface area contributed by atoms with Crippen molar-refractivity contribution >= 4 is 0 Å². The van der Waals surface area contributed by atoms with Crippen molar-refractivity contribution in [3.8, 4) is 5.75 Å². The Bertz CT molecular complexity index is 624. The molecule has 1 unspecified atom stereocenters. The molecule has 0 saturated carbocycles. The Kier molecular flexibility index (Phi) is 3.22. The summed E-state index contributed by atoms with van der Waals surface area (Å²) in [5.41, 5.74) is 2.06. The van der Waals surface area contributed by atoms with Crippen LogP contribution in [-0.4, -0.2) is 16.2 Å². The maximum Gasteiger partial charge on any atom is 0.138 e. The molecule has 3 heteroatoms. The average Bonchev–Trinajstić information content (AvgIpc) is 2.78. The molecule has 0 saturated heterocycles. The van der Waals surface area contributed by atoms with Crippen molar-refractivity contribution in [3.63, 3.8) is 0 Å². The lowest BCUT2D eigenvalue weighted by atomic mass is 9.89. The van der Waals surface area contributed by atoms with E-state index in [0.717, 1.165) is 17.5 Å². The average molecular weight is 269 g/mol. The van der Waals surface area contributed by atoms with Crippen molar-refractivity contribution in [1.29, 1.82) is 0 Å². The largest absolute Gasteiger partial charge is 0.489 e. The highest BCUT2D eigenvalue weighted by molar-refractivity contribution is 5.45. The molecule has 3 nitrogen and oxygen atoms in total. The fraction of sp³-hybridized carbons (Fsp3) is 0.353. The van der Waals surface area contributed by atoms with Crippen LogP contribution in [0.2, 0.25) is 0 Å². The van der Waals surface area contributed by atoms with E-state index in [9.17, 15) is 5.11 Å². The molecular weight excluding hydrogens is 250 g/mol. The molecule has 0 fully saturated rings. The van der Waals surface area contributed by atoms with Gasteiger partial charge in [-0.2, -0.15) is 0 Å². The van der Waals surface area contributed by atoms with Crippen molar-refractivity contribution in [1.82, 2.24) is 4.98 Å². The van der Waals surface area contributed by atoms with Gasteiger partial charge >= 0.3 is 0 Å². The molecule has 1 N–H and O–H groups in total. The molecule has 1 aliphatic rings. The van der Waals surface area contributed by atoms with Gasteiger partial charge in [-0.3, -0.25) is 4.98 Å². The van der Waals surface area contributed by atoms with Gasteiger partial charge in [0.05, 0.1) is 12.3 Å². The molecule has 1 heterocycles. The summed E-state index contributed by atoms with van der Waals surface area (Å²) >= 11 is 0. The van der Waals surface area contributed by atoms with Crippen molar-refractivity contribution in [3.05, 3.63) is 59.4 Å². The third-order valence-corrected chi connectivity index (χ3v) is 3.78. The zero-order valence-corrected chi connectivity index (χ0v) is 11.8. The second-order valence-corrected chi connectivity index (χ2v) is 5.59. The zero-order valence-electron chi connectivity index (χ0n) is 11.8. The summed E-state index contributed by atoms with van der Waals surface area (Å²) in [6.45, 7) is 3.96. The molecule has 3 rings (SSSR count). The van der Waals surface area contributed by atoms with Gasteiger partial charge in [-0.15, -0.1) is 0 Å². The lowest BCUT2D eigenvalue weighted by molar-refractivity contribution is 0.0820. The Hall–Kier alpha value is -1.87. The second kappa shape index (κ2) is 4.91. The lowest BCUT2D eigenvalue weighted by Gasteiger charge is -2.25. The molecule has 104 valence electrons. The summed E-state index contributed by atoms with van der Waals surface area (Å²) in [5.74, 6) is 0.704. The van der Waals surface area contributed by atoms with Gasteiger partial charge in [0, 0.05) is 11.8 Å². The van der Waals surface area contributed by atoms with Crippen LogP contribution in [0.4, 0.5) is 0 Å². The minimum absolute atomic E-state index is 0.0950. The van der Waals surface area contributed by atoms with Crippen LogP contribution in [-0.2, 0) is 12.0 Å². The first-order valence-electron chi connectivity index (χ1n) is 7.02. The Morgan fingerprint density at radius 2 is 2.05 bits per heavy atom. The van der Waals surface area contributed by atoms with Crippen LogP contribution in [0.25, 0.3) is 0 Å². The minimum atomic E-state index is -0.945. The fourth-order valence-electron chi connectivity index (χ4n) is 2.87. The molecule has 1 aromatic carbocycles. The summed E-state index contributed by atoms with van der Waals surface area (Å²) in [5, 5.41) is 11.1. The van der Waals surface area contributed by atoms with Crippen LogP contribution in [0.5, 0.6) is 5.75 Å². The number of hydrogen-bond donors (Lipinski definition) is 1. The number of benzene rings is 1. The number of aromatic nitrogens is 1. The van der Waals surface area contributed by atoms with E-state index in [1.54, 1.807) is 12.4 Å². The summed E-state index contributed by atoms with van der Waals surface area (Å²) < 4.78 is 5.67. The molecule has 1 aromatic heterocycles. The highest BCUT2D eigenvalue weighted by Crippen LogP contribution is 2.42. The van der Waals surface area contributed by atoms with Gasteiger partial charge in [-0.05, 0) is 43.9 Å². The molecule has 1 atom stereocenters. The number of hydrogen-bond acceptors (Lipinski definition) is 3. The van der Waals surface area contributed by atoms with E-state index >= 15 is 0 Å². The maximum atomic E-state index is 11.1. The number of nitrogens with zero attached hydrogens (tertiary/aromatic N) is 1. The Morgan fingerprint density at radius 3 is 2.85 bits per heavy atom. The van der Waals surface area contributed by atoms with Crippen LogP contribution in [0.3, 0.4) is 0 Å². The Labute approximate surface area is 119 Å². The van der Waals surface area contributed by atoms with Crippen molar-refractivity contribution in [2.24, 2.45) is 0 Å². The van der Waals surface area contributed by atoms with E-state index in [4.69, 9.17) is 4.74 Å². The quantitative estimate of drug-likeness (QED) is 0.931. The maximum absolute atomic E-state index is 11.1. The second-order valence-electron chi connectivity index (χ2n) is 5.59. The number of fused-ring (bicyclic) bond motifs is 1. The van der Waals surface area contributed by atoms with E-state index in [1.165, 1.54) is 5.56 Å². The van der Waals surface area contributed by atoms with Crippen LogP contribution in [0.15, 0.2) is 42.7 Å². The van der Waals surface area contributed by atoms with Gasteiger partial charge in [0.15, 0.2) is 0 Å². The van der Waals surface area contributed by atoms with Crippen LogP contribution in [0, 0.1) is 0 Å². The monoisotopic (exact) mass is 269 g/mol. The van der Waals surface area contributed by atoms with E-state index in [1.807, 2.05) is 38.1 Å². The summed E-state index contributed by atoms with van der Waals surface area (Å²) in [6.07, 6.45) is 5.10. The van der Waals surface area contributed by atoms with Crippen molar-refractivity contribution < 1.29 is 9.84 Å². The summed E-state index contributed by atoms with van der Waals surface area (Å²) in [4.78, 5) is 4.22. The lowest BCUT2D eigenvalue weighted by Crippen LogP contribution is -2.24. The number of aliphatic hydroxyl groups is 1. The molecule has 2 aromatic rings. The number of aryl methyl sites for hydroxylation is 1. The minimum Gasteiger partial charge on any atom is -0.489 e. The topological polar surface area (TPSA) is 42.4 Å². The van der Waals surface area contributed by atoms with Gasteiger partial charge in [-0.25, -0.2) is 0 Å². The highest BCUT2D eigenvalue weighted by atomic mass is 16.5. The number of pyridine rings is 1. The van der Waals surface area contributed by atoms with Crippen LogP contribution in [0.1, 0.15) is 37.0 Å². The van der Waals surface area contributed by atoms with E-state index in [0.29, 0.717) is 12.2 Å².